The smallest absolute Gasteiger partial charge is 0.451 e. The highest BCUT2D eigenvalue weighted by molar-refractivity contribution is 6.40. The Morgan fingerprint density at radius 3 is 2.67 bits per heavy atom. The van der Waals surface area contributed by atoms with Crippen molar-refractivity contribution < 1.29 is 19.9 Å². The molecule has 1 aliphatic rings. The molecule has 0 saturated carbocycles. The largest absolute Gasteiger partial charge is 0.481 e. The molecule has 1 saturated heterocycles. The zero-order valence-corrected chi connectivity index (χ0v) is 10.4. The van der Waals surface area contributed by atoms with Gasteiger partial charge in [-0.3, -0.25) is 4.79 Å². The van der Waals surface area contributed by atoms with Crippen LogP contribution in [-0.4, -0.2) is 47.5 Å². The van der Waals surface area contributed by atoms with E-state index >= 15 is 0 Å². The van der Waals surface area contributed by atoms with Crippen LogP contribution in [0, 0.1) is 11.3 Å². The molecule has 104 valence electrons. The zero-order chi connectivity index (χ0) is 13.8. The molecule has 0 aliphatic carbocycles. The molecule has 7 nitrogen and oxygen atoms in total. The van der Waals surface area contributed by atoms with Crippen LogP contribution in [0.15, 0.2) is 0 Å². The third-order valence-corrected chi connectivity index (χ3v) is 3.65. The highest BCUT2D eigenvalue weighted by Gasteiger charge is 2.49. The summed E-state index contributed by atoms with van der Waals surface area (Å²) in [5, 5.41) is 30.1. The molecule has 0 aromatic rings. The van der Waals surface area contributed by atoms with Gasteiger partial charge in [-0.2, -0.15) is 0 Å². The predicted octanol–water partition coefficient (Wildman–Crippen LogP) is -1.84. The summed E-state index contributed by atoms with van der Waals surface area (Å²) in [6.07, 6.45) is 0.998. The minimum atomic E-state index is -1.34. The van der Waals surface area contributed by atoms with Crippen molar-refractivity contribution in [3.05, 3.63) is 0 Å². The van der Waals surface area contributed by atoms with Crippen molar-refractivity contribution in [2.75, 3.05) is 13.1 Å². The number of hydrogen-bond donors (Lipinski definition) is 6. The van der Waals surface area contributed by atoms with E-state index < -0.39 is 24.7 Å². The van der Waals surface area contributed by atoms with Crippen molar-refractivity contribution in [1.29, 1.82) is 0 Å². The Bertz CT molecular complexity index is 290. The number of rotatable bonds is 7. The van der Waals surface area contributed by atoms with Crippen LogP contribution in [0.25, 0.3) is 0 Å². The predicted molar refractivity (Wildman–Crippen MR) is 67.4 cm³/mol. The molecule has 0 aromatic heterocycles. The van der Waals surface area contributed by atoms with Gasteiger partial charge in [-0.05, 0) is 31.6 Å². The maximum absolute atomic E-state index is 11.5. The van der Waals surface area contributed by atoms with E-state index in [4.69, 9.17) is 21.5 Å². The minimum Gasteiger partial charge on any atom is -0.481 e. The molecule has 1 aliphatic heterocycles. The Morgan fingerprint density at radius 1 is 1.50 bits per heavy atom. The first kappa shape index (κ1) is 15.4. The molecule has 8 N–H and O–H groups in total. The molecule has 0 radical (unpaired) electrons. The number of nitrogens with one attached hydrogen (secondary N) is 1. The average molecular weight is 259 g/mol. The fourth-order valence-electron chi connectivity index (χ4n) is 2.73. The summed E-state index contributed by atoms with van der Waals surface area (Å²) in [7, 11) is -1.34. The number of nitrogens with two attached hydrogens (primary N) is 2. The average Bonchev–Trinajstić information content (AvgIpc) is 2.61. The van der Waals surface area contributed by atoms with Crippen LogP contribution in [-0.2, 0) is 4.79 Å². The van der Waals surface area contributed by atoms with E-state index in [0.717, 1.165) is 0 Å². The standard InChI is InChI=1S/C10H22BN3O4/c12-8(13)4-10(9(15)16)6-14-5-7(10)2-1-3-11(17)18/h7-8,14,17-18H,1-6,12-13H2,(H,15,16)/t7-,10+/m1/s1. The van der Waals surface area contributed by atoms with E-state index in [2.05, 4.69) is 5.32 Å². The highest BCUT2D eigenvalue weighted by atomic mass is 16.4. The Hall–Kier alpha value is -0.665. The van der Waals surface area contributed by atoms with Crippen molar-refractivity contribution in [3.63, 3.8) is 0 Å². The Morgan fingerprint density at radius 2 is 2.17 bits per heavy atom. The number of hydrogen-bond acceptors (Lipinski definition) is 6. The number of carbonyl (C=O) groups is 1. The second-order valence-corrected chi connectivity index (χ2v) is 5.07. The van der Waals surface area contributed by atoms with Gasteiger partial charge in [-0.15, -0.1) is 0 Å². The van der Waals surface area contributed by atoms with Crippen molar-refractivity contribution in [2.24, 2.45) is 22.8 Å². The number of carboxylic acids is 1. The summed E-state index contributed by atoms with van der Waals surface area (Å²) in [5.74, 6) is -0.966. The van der Waals surface area contributed by atoms with Gasteiger partial charge in [-0.25, -0.2) is 0 Å². The SMILES string of the molecule is NC(N)C[C@]1(C(=O)O)CNC[C@H]1CCCB(O)O. The lowest BCUT2D eigenvalue weighted by Gasteiger charge is -2.31. The summed E-state index contributed by atoms with van der Waals surface area (Å²) in [5.41, 5.74) is 10.1. The maximum Gasteiger partial charge on any atom is 0.451 e. The molecule has 0 bridgehead atoms. The second-order valence-electron chi connectivity index (χ2n) is 5.07. The number of carboxylic acid groups (broad SMARTS) is 1. The highest BCUT2D eigenvalue weighted by Crippen LogP contribution is 2.38. The van der Waals surface area contributed by atoms with E-state index in [1.807, 2.05) is 0 Å². The minimum absolute atomic E-state index is 0.0802. The van der Waals surface area contributed by atoms with E-state index in [-0.39, 0.29) is 18.7 Å². The Kier molecular flexibility index (Phi) is 5.55. The molecule has 1 heterocycles. The van der Waals surface area contributed by atoms with Crippen molar-refractivity contribution in [1.82, 2.24) is 5.32 Å². The third-order valence-electron chi connectivity index (χ3n) is 3.65. The molecule has 0 aromatic carbocycles. The van der Waals surface area contributed by atoms with Gasteiger partial charge < -0.3 is 31.9 Å². The van der Waals surface area contributed by atoms with Crippen LogP contribution in [0.2, 0.25) is 6.32 Å². The molecule has 1 fully saturated rings. The summed E-state index contributed by atoms with van der Waals surface area (Å²) in [4.78, 5) is 11.5. The molecular weight excluding hydrogens is 237 g/mol. The lowest BCUT2D eigenvalue weighted by molar-refractivity contribution is -0.151. The van der Waals surface area contributed by atoms with Crippen LogP contribution in [0.4, 0.5) is 0 Å². The monoisotopic (exact) mass is 259 g/mol. The first-order chi connectivity index (χ1) is 8.38. The van der Waals surface area contributed by atoms with Crippen LogP contribution < -0.4 is 16.8 Å². The Balaban J connectivity index is 2.66. The van der Waals surface area contributed by atoms with Gasteiger partial charge in [0.2, 0.25) is 0 Å². The van der Waals surface area contributed by atoms with Crippen molar-refractivity contribution in [3.8, 4) is 0 Å². The van der Waals surface area contributed by atoms with Crippen LogP contribution >= 0.6 is 0 Å². The lowest BCUT2D eigenvalue weighted by atomic mass is 9.71. The maximum atomic E-state index is 11.5. The second kappa shape index (κ2) is 6.49. The van der Waals surface area contributed by atoms with E-state index in [1.54, 1.807) is 0 Å². The molecule has 18 heavy (non-hydrogen) atoms. The van der Waals surface area contributed by atoms with Crippen LogP contribution in [0.3, 0.4) is 0 Å². The van der Waals surface area contributed by atoms with E-state index in [9.17, 15) is 9.90 Å². The van der Waals surface area contributed by atoms with Gasteiger partial charge in [-0.1, -0.05) is 6.42 Å². The third kappa shape index (κ3) is 3.66. The van der Waals surface area contributed by atoms with Gasteiger partial charge >= 0.3 is 13.1 Å². The summed E-state index contributed by atoms with van der Waals surface area (Å²) < 4.78 is 0. The van der Waals surface area contributed by atoms with Gasteiger partial charge in [0.25, 0.3) is 0 Å². The van der Waals surface area contributed by atoms with Gasteiger partial charge in [0, 0.05) is 6.54 Å². The molecule has 1 rings (SSSR count). The van der Waals surface area contributed by atoms with E-state index in [0.29, 0.717) is 25.9 Å². The summed E-state index contributed by atoms with van der Waals surface area (Å²) in [6.45, 7) is 0.958. The fraction of sp³-hybridized carbons (Fsp3) is 0.900. The summed E-state index contributed by atoms with van der Waals surface area (Å²) in [6, 6.07) is 0. The molecule has 0 amide bonds. The van der Waals surface area contributed by atoms with E-state index in [1.165, 1.54) is 0 Å². The lowest BCUT2D eigenvalue weighted by Crippen LogP contribution is -2.46. The van der Waals surface area contributed by atoms with Crippen LogP contribution in [0.1, 0.15) is 19.3 Å². The first-order valence-corrected chi connectivity index (χ1v) is 6.20. The zero-order valence-electron chi connectivity index (χ0n) is 10.4. The number of aliphatic carboxylic acids is 1. The van der Waals surface area contributed by atoms with Gasteiger partial charge in [0.1, 0.15) is 0 Å². The molecule has 2 atom stereocenters. The van der Waals surface area contributed by atoms with Gasteiger partial charge in [0.15, 0.2) is 0 Å². The molecule has 8 heteroatoms. The normalized spacial score (nSPS) is 27.7. The quantitative estimate of drug-likeness (QED) is 0.233. The summed E-state index contributed by atoms with van der Waals surface area (Å²) >= 11 is 0. The van der Waals surface area contributed by atoms with Crippen LogP contribution in [0.5, 0.6) is 0 Å². The van der Waals surface area contributed by atoms with Gasteiger partial charge in [0.05, 0.1) is 11.6 Å². The van der Waals surface area contributed by atoms with Crippen molar-refractivity contribution in [2.45, 2.75) is 31.7 Å². The topological polar surface area (TPSA) is 142 Å². The van der Waals surface area contributed by atoms with Crippen molar-refractivity contribution >= 4 is 13.1 Å². The molecule has 0 spiro atoms. The molecule has 0 unspecified atom stereocenters. The molecular formula is C10H22BN3O4. The fourth-order valence-corrected chi connectivity index (χ4v) is 2.73. The Labute approximate surface area is 107 Å². The first-order valence-electron chi connectivity index (χ1n) is 6.20.